The van der Waals surface area contributed by atoms with Gasteiger partial charge in [-0.25, -0.2) is 0 Å². The molecule has 0 saturated heterocycles. The molecule has 0 unspecified atom stereocenters. The number of rotatable bonds is 1. The standard InChI is InChI=1S/C5H9P/c1-3-5-6-4-2/h3-5H,1-2H3. The zero-order chi connectivity index (χ0) is 4.83. The lowest BCUT2D eigenvalue weighted by Gasteiger charge is -1.61. The molecule has 0 heterocycles. The highest BCUT2D eigenvalue weighted by Crippen LogP contribution is 1.92. The first-order chi connectivity index (χ1) is 2.91. The van der Waals surface area contributed by atoms with Crippen LogP contribution in [0.4, 0.5) is 0 Å². The summed E-state index contributed by atoms with van der Waals surface area (Å²) in [6, 6.07) is 0. The SMILES string of the molecule is CC=CP=CC. The van der Waals surface area contributed by atoms with Gasteiger partial charge in [0.2, 0.25) is 0 Å². The van der Waals surface area contributed by atoms with Gasteiger partial charge in [-0.1, -0.05) is 20.1 Å². The normalized spacial score (nSPS) is 11.7. The van der Waals surface area contributed by atoms with Crippen LogP contribution >= 0.6 is 8.20 Å². The Morgan fingerprint density at radius 2 is 2.00 bits per heavy atom. The summed E-state index contributed by atoms with van der Waals surface area (Å²) in [4.78, 5) is 0. The largest absolute Gasteiger partial charge is 0.0831 e. The zero-order valence-electron chi connectivity index (χ0n) is 4.18. The minimum atomic E-state index is 1.31. The second-order valence-electron chi connectivity index (χ2n) is 0.890. The second-order valence-corrected chi connectivity index (χ2v) is 2.00. The van der Waals surface area contributed by atoms with E-state index in [4.69, 9.17) is 0 Å². The maximum atomic E-state index is 2.10. The van der Waals surface area contributed by atoms with Crippen molar-refractivity contribution in [1.82, 2.24) is 0 Å². The molecule has 0 radical (unpaired) electrons. The number of hydrogen-bond acceptors (Lipinski definition) is 0. The molecule has 0 fully saturated rings. The summed E-state index contributed by atoms with van der Waals surface area (Å²) < 4.78 is 0. The molecule has 0 rings (SSSR count). The highest BCUT2D eigenvalue weighted by molar-refractivity contribution is 7.41. The average molecular weight is 100 g/mol. The van der Waals surface area contributed by atoms with Crippen molar-refractivity contribution >= 4 is 14.0 Å². The van der Waals surface area contributed by atoms with Gasteiger partial charge in [-0.15, -0.1) is 0 Å². The summed E-state index contributed by atoms with van der Waals surface area (Å²) in [6.45, 7) is 4.07. The van der Waals surface area contributed by atoms with Gasteiger partial charge in [0.1, 0.15) is 0 Å². The van der Waals surface area contributed by atoms with Gasteiger partial charge in [0.05, 0.1) is 0 Å². The minimum absolute atomic E-state index is 1.31. The fourth-order valence-corrected chi connectivity index (χ4v) is 0.516. The maximum Gasteiger partial charge on any atom is -0.0393 e. The molecule has 0 bridgehead atoms. The molecule has 0 aliphatic carbocycles. The van der Waals surface area contributed by atoms with Crippen molar-refractivity contribution in [1.29, 1.82) is 0 Å². The van der Waals surface area contributed by atoms with Gasteiger partial charge in [0.15, 0.2) is 0 Å². The number of hydrogen-bond donors (Lipinski definition) is 0. The van der Waals surface area contributed by atoms with Crippen LogP contribution in [0.15, 0.2) is 11.9 Å². The van der Waals surface area contributed by atoms with E-state index in [0.29, 0.717) is 0 Å². The molecule has 0 aromatic carbocycles. The molecule has 0 amide bonds. The van der Waals surface area contributed by atoms with Crippen molar-refractivity contribution in [2.45, 2.75) is 13.8 Å². The van der Waals surface area contributed by atoms with E-state index >= 15 is 0 Å². The van der Waals surface area contributed by atoms with Crippen LogP contribution < -0.4 is 0 Å². The molecule has 0 saturated carbocycles. The van der Waals surface area contributed by atoms with E-state index in [0.717, 1.165) is 0 Å². The molecule has 0 spiro atoms. The van der Waals surface area contributed by atoms with Gasteiger partial charge in [-0.05, 0) is 19.7 Å². The maximum absolute atomic E-state index is 2.10. The molecule has 0 aliphatic rings. The highest BCUT2D eigenvalue weighted by atomic mass is 31.1. The van der Waals surface area contributed by atoms with E-state index < -0.39 is 0 Å². The van der Waals surface area contributed by atoms with Gasteiger partial charge in [-0.2, -0.15) is 0 Å². The fraction of sp³-hybridized carbons (Fsp3) is 0.400. The highest BCUT2D eigenvalue weighted by Gasteiger charge is 1.49. The van der Waals surface area contributed by atoms with Crippen molar-refractivity contribution in [3.8, 4) is 0 Å². The predicted octanol–water partition coefficient (Wildman–Crippen LogP) is 2.29. The van der Waals surface area contributed by atoms with E-state index in [1.54, 1.807) is 0 Å². The molecule has 34 valence electrons. The van der Waals surface area contributed by atoms with Gasteiger partial charge < -0.3 is 0 Å². The summed E-state index contributed by atoms with van der Waals surface area (Å²) in [5, 5.41) is 0. The predicted molar refractivity (Wildman–Crippen MR) is 33.5 cm³/mol. The van der Waals surface area contributed by atoms with Gasteiger partial charge in [0.25, 0.3) is 0 Å². The van der Waals surface area contributed by atoms with Crippen LogP contribution in [-0.4, -0.2) is 5.80 Å². The smallest absolute Gasteiger partial charge is 0.0393 e. The van der Waals surface area contributed by atoms with E-state index in [9.17, 15) is 0 Å². The molecule has 0 atom stereocenters. The van der Waals surface area contributed by atoms with Crippen molar-refractivity contribution in [3.05, 3.63) is 11.9 Å². The molecule has 0 N–H and O–H groups in total. The Bertz CT molecular complexity index is 52.3. The van der Waals surface area contributed by atoms with Crippen LogP contribution in [-0.2, 0) is 0 Å². The van der Waals surface area contributed by atoms with Crippen molar-refractivity contribution in [2.24, 2.45) is 0 Å². The summed E-state index contributed by atoms with van der Waals surface area (Å²) in [5.41, 5.74) is 0. The summed E-state index contributed by atoms with van der Waals surface area (Å²) >= 11 is 0. The van der Waals surface area contributed by atoms with Crippen molar-refractivity contribution in [3.63, 3.8) is 0 Å². The Morgan fingerprint density at radius 3 is 2.17 bits per heavy atom. The van der Waals surface area contributed by atoms with Crippen LogP contribution in [0.1, 0.15) is 13.8 Å². The van der Waals surface area contributed by atoms with E-state index in [1.807, 2.05) is 19.9 Å². The Balaban J connectivity index is 3.07. The first kappa shape index (κ1) is 5.91. The van der Waals surface area contributed by atoms with Crippen LogP contribution in [0.5, 0.6) is 0 Å². The quantitative estimate of drug-likeness (QED) is 0.443. The zero-order valence-corrected chi connectivity index (χ0v) is 5.07. The lowest BCUT2D eigenvalue weighted by molar-refractivity contribution is 1.79. The number of allylic oxidation sites excluding steroid dienone is 1. The van der Waals surface area contributed by atoms with E-state index in [2.05, 4.69) is 11.6 Å². The molecular formula is C5H9P. The molecule has 0 aromatic heterocycles. The third-order valence-corrected chi connectivity index (χ3v) is 1.15. The van der Waals surface area contributed by atoms with Gasteiger partial charge >= 0.3 is 0 Å². The van der Waals surface area contributed by atoms with Gasteiger partial charge in [0, 0.05) is 0 Å². The summed E-state index contributed by atoms with van der Waals surface area (Å²) in [7, 11) is 1.31. The first-order valence-electron chi connectivity index (χ1n) is 2.00. The summed E-state index contributed by atoms with van der Waals surface area (Å²) in [6.07, 6.45) is 2.04. The summed E-state index contributed by atoms with van der Waals surface area (Å²) in [5.74, 6) is 4.19. The Labute approximate surface area is 40.7 Å². The van der Waals surface area contributed by atoms with E-state index in [-0.39, 0.29) is 0 Å². The molecule has 6 heavy (non-hydrogen) atoms. The van der Waals surface area contributed by atoms with Crippen LogP contribution in [0.2, 0.25) is 0 Å². The fourth-order valence-electron chi connectivity index (χ4n) is 0.172. The molecule has 1 heteroatoms. The molecule has 0 aromatic rings. The lowest BCUT2D eigenvalue weighted by atomic mass is 10.8. The third-order valence-electron chi connectivity index (χ3n) is 0.384. The Hall–Kier alpha value is -0.0900. The lowest BCUT2D eigenvalue weighted by Crippen LogP contribution is -1.37. The second kappa shape index (κ2) is 4.91. The van der Waals surface area contributed by atoms with Crippen LogP contribution in [0.25, 0.3) is 0 Å². The van der Waals surface area contributed by atoms with Gasteiger partial charge in [-0.3, -0.25) is 0 Å². The Morgan fingerprint density at radius 1 is 1.33 bits per heavy atom. The van der Waals surface area contributed by atoms with Crippen molar-refractivity contribution < 1.29 is 0 Å². The molecule has 0 aliphatic heterocycles. The monoisotopic (exact) mass is 100 g/mol. The average Bonchev–Trinajstić information content (AvgIpc) is 1.61. The molecular weight excluding hydrogens is 91.0 g/mol. The topological polar surface area (TPSA) is 0 Å². The molecule has 0 nitrogen and oxygen atoms in total. The third kappa shape index (κ3) is 3.91. The minimum Gasteiger partial charge on any atom is -0.0831 e. The Kier molecular flexibility index (Phi) is 4.84. The van der Waals surface area contributed by atoms with Crippen LogP contribution in [0, 0.1) is 0 Å². The van der Waals surface area contributed by atoms with Crippen molar-refractivity contribution in [2.75, 3.05) is 0 Å². The first-order valence-corrected chi connectivity index (χ1v) is 3.04. The van der Waals surface area contributed by atoms with Crippen LogP contribution in [0.3, 0.4) is 0 Å². The van der Waals surface area contributed by atoms with E-state index in [1.165, 1.54) is 8.20 Å².